The first-order chi connectivity index (χ1) is 12.1. The molecule has 0 atom stereocenters. The number of aromatic nitrogens is 1. The minimum Gasteiger partial charge on any atom is -0.482 e. The molecule has 0 bridgehead atoms. The summed E-state index contributed by atoms with van der Waals surface area (Å²) in [6, 6.07) is 11.0. The van der Waals surface area contributed by atoms with Crippen molar-refractivity contribution in [3.63, 3.8) is 0 Å². The van der Waals surface area contributed by atoms with Gasteiger partial charge in [0.2, 0.25) is 0 Å². The maximum Gasteiger partial charge on any atom is 0.274 e. The van der Waals surface area contributed by atoms with Crippen LogP contribution in [0.15, 0.2) is 48.7 Å². The summed E-state index contributed by atoms with van der Waals surface area (Å²) in [5, 5.41) is 2.89. The molecule has 1 spiro atoms. The molecule has 128 valence electrons. The Kier molecular flexibility index (Phi) is 4.01. The van der Waals surface area contributed by atoms with Gasteiger partial charge in [0, 0.05) is 43.4 Å². The number of likely N-dealkylation sites (tertiary alicyclic amines) is 1. The Balaban J connectivity index is 1.50. The lowest BCUT2D eigenvalue weighted by molar-refractivity contribution is 0.0473. The van der Waals surface area contributed by atoms with Crippen LogP contribution in [0.4, 0.5) is 5.69 Å². The third kappa shape index (κ3) is 3.28. The first-order valence-electron chi connectivity index (χ1n) is 8.57. The van der Waals surface area contributed by atoms with Crippen LogP contribution in [0.1, 0.15) is 28.9 Å². The van der Waals surface area contributed by atoms with Gasteiger partial charge in [0.1, 0.15) is 17.0 Å². The van der Waals surface area contributed by atoms with E-state index in [0.717, 1.165) is 42.9 Å². The second kappa shape index (κ2) is 6.33. The minimum absolute atomic E-state index is 0.182. The van der Waals surface area contributed by atoms with E-state index in [1.54, 1.807) is 24.4 Å². The Morgan fingerprint density at radius 1 is 1.24 bits per heavy atom. The quantitative estimate of drug-likeness (QED) is 0.916. The molecule has 1 amide bonds. The number of piperidine rings is 1. The molecule has 2 aliphatic heterocycles. The van der Waals surface area contributed by atoms with E-state index in [0.29, 0.717) is 5.69 Å². The van der Waals surface area contributed by atoms with Crippen molar-refractivity contribution in [3.8, 4) is 5.75 Å². The van der Waals surface area contributed by atoms with Crippen LogP contribution in [0.5, 0.6) is 5.75 Å². The van der Waals surface area contributed by atoms with E-state index in [1.807, 2.05) is 18.2 Å². The van der Waals surface area contributed by atoms with Crippen molar-refractivity contribution in [1.82, 2.24) is 9.88 Å². The molecular weight excluding hydrogens is 314 g/mol. The number of pyridine rings is 1. The summed E-state index contributed by atoms with van der Waals surface area (Å²) in [5.41, 5.74) is 1.95. The van der Waals surface area contributed by atoms with Crippen molar-refractivity contribution in [2.45, 2.75) is 18.4 Å². The standard InChI is InChI=1S/C20H21N3O2/c1-23-12-9-20(10-13-23)8-7-15-14-16(5-6-18(15)25-20)22-19(24)17-4-2-3-11-21-17/h2-8,11,14H,9-10,12-13H2,1H3,(H,22,24). The van der Waals surface area contributed by atoms with Crippen LogP contribution in [0.2, 0.25) is 0 Å². The van der Waals surface area contributed by atoms with Crippen LogP contribution >= 0.6 is 0 Å². The number of carbonyl (C=O) groups excluding carboxylic acids is 1. The zero-order valence-electron chi connectivity index (χ0n) is 14.2. The van der Waals surface area contributed by atoms with E-state index in [-0.39, 0.29) is 11.5 Å². The Labute approximate surface area is 147 Å². The summed E-state index contributed by atoms with van der Waals surface area (Å²) in [4.78, 5) is 18.6. The van der Waals surface area contributed by atoms with E-state index >= 15 is 0 Å². The van der Waals surface area contributed by atoms with Crippen molar-refractivity contribution in [2.24, 2.45) is 0 Å². The fourth-order valence-corrected chi connectivity index (χ4v) is 3.30. The lowest BCUT2D eigenvalue weighted by Gasteiger charge is -2.40. The summed E-state index contributed by atoms with van der Waals surface area (Å²) < 4.78 is 6.31. The number of hydrogen-bond acceptors (Lipinski definition) is 4. The van der Waals surface area contributed by atoms with Gasteiger partial charge in [-0.25, -0.2) is 0 Å². The predicted octanol–water partition coefficient (Wildman–Crippen LogP) is 3.20. The summed E-state index contributed by atoms with van der Waals surface area (Å²) in [6.45, 7) is 2.08. The Bertz CT molecular complexity index is 809. The van der Waals surface area contributed by atoms with Crippen molar-refractivity contribution in [3.05, 3.63) is 59.9 Å². The molecule has 0 aliphatic carbocycles. The average molecular weight is 335 g/mol. The van der Waals surface area contributed by atoms with Crippen molar-refractivity contribution >= 4 is 17.7 Å². The normalized spacial score (nSPS) is 18.4. The van der Waals surface area contributed by atoms with Crippen molar-refractivity contribution < 1.29 is 9.53 Å². The summed E-state index contributed by atoms with van der Waals surface area (Å²) in [7, 11) is 2.14. The molecule has 1 saturated heterocycles. The number of benzene rings is 1. The monoisotopic (exact) mass is 335 g/mol. The first-order valence-corrected chi connectivity index (χ1v) is 8.57. The highest BCUT2D eigenvalue weighted by Gasteiger charge is 2.35. The molecule has 2 aliphatic rings. The van der Waals surface area contributed by atoms with E-state index in [4.69, 9.17) is 4.74 Å². The number of nitrogens with zero attached hydrogens (tertiary/aromatic N) is 2. The number of anilines is 1. The van der Waals surface area contributed by atoms with Gasteiger partial charge in [0.25, 0.3) is 5.91 Å². The van der Waals surface area contributed by atoms with Crippen LogP contribution in [0.3, 0.4) is 0 Å². The van der Waals surface area contributed by atoms with Gasteiger partial charge in [-0.05, 0) is 43.5 Å². The van der Waals surface area contributed by atoms with Crippen LogP contribution in [-0.2, 0) is 0 Å². The number of amides is 1. The number of hydrogen-bond donors (Lipinski definition) is 1. The number of carbonyl (C=O) groups is 1. The zero-order valence-corrected chi connectivity index (χ0v) is 14.2. The van der Waals surface area contributed by atoms with E-state index in [2.05, 4.69) is 34.4 Å². The molecule has 5 nitrogen and oxygen atoms in total. The molecule has 1 aromatic heterocycles. The highest BCUT2D eigenvalue weighted by molar-refractivity contribution is 6.03. The number of fused-ring (bicyclic) bond motifs is 1. The number of ether oxygens (including phenoxy) is 1. The highest BCUT2D eigenvalue weighted by Crippen LogP contribution is 2.37. The Morgan fingerprint density at radius 2 is 2.08 bits per heavy atom. The lowest BCUT2D eigenvalue weighted by Crippen LogP contribution is -2.46. The zero-order chi connectivity index (χ0) is 17.3. The van der Waals surface area contributed by atoms with Gasteiger partial charge in [-0.2, -0.15) is 0 Å². The van der Waals surface area contributed by atoms with Crippen molar-refractivity contribution in [2.75, 3.05) is 25.5 Å². The fraction of sp³-hybridized carbons (Fsp3) is 0.300. The summed E-state index contributed by atoms with van der Waals surface area (Å²) in [6.07, 6.45) is 7.89. The fourth-order valence-electron chi connectivity index (χ4n) is 3.30. The maximum absolute atomic E-state index is 12.2. The molecule has 0 radical (unpaired) electrons. The minimum atomic E-state index is -0.215. The second-order valence-corrected chi connectivity index (χ2v) is 6.73. The third-order valence-electron chi connectivity index (χ3n) is 4.88. The SMILES string of the molecule is CN1CCC2(C=Cc3cc(NC(=O)c4ccccn4)ccc3O2)CC1. The van der Waals surface area contributed by atoms with Gasteiger partial charge >= 0.3 is 0 Å². The van der Waals surface area contributed by atoms with Gasteiger partial charge in [-0.3, -0.25) is 9.78 Å². The van der Waals surface area contributed by atoms with E-state index in [1.165, 1.54) is 0 Å². The average Bonchev–Trinajstić information content (AvgIpc) is 2.65. The third-order valence-corrected chi connectivity index (χ3v) is 4.88. The molecule has 1 aromatic carbocycles. The van der Waals surface area contributed by atoms with Crippen LogP contribution in [0, 0.1) is 0 Å². The Morgan fingerprint density at radius 3 is 2.84 bits per heavy atom. The summed E-state index contributed by atoms with van der Waals surface area (Å²) >= 11 is 0. The molecule has 0 unspecified atom stereocenters. The molecule has 5 heteroatoms. The van der Waals surface area contributed by atoms with Crippen LogP contribution in [0.25, 0.3) is 6.08 Å². The molecular formula is C20H21N3O2. The van der Waals surface area contributed by atoms with Gasteiger partial charge in [0.15, 0.2) is 0 Å². The lowest BCUT2D eigenvalue weighted by atomic mass is 9.88. The molecule has 0 saturated carbocycles. The van der Waals surface area contributed by atoms with Gasteiger partial charge in [-0.1, -0.05) is 12.1 Å². The van der Waals surface area contributed by atoms with Crippen LogP contribution in [-0.4, -0.2) is 41.5 Å². The van der Waals surface area contributed by atoms with E-state index in [9.17, 15) is 4.79 Å². The Hall–Kier alpha value is -2.66. The molecule has 25 heavy (non-hydrogen) atoms. The number of nitrogens with one attached hydrogen (secondary N) is 1. The largest absolute Gasteiger partial charge is 0.482 e. The molecule has 4 rings (SSSR count). The first kappa shape index (κ1) is 15.8. The van der Waals surface area contributed by atoms with Gasteiger partial charge in [-0.15, -0.1) is 0 Å². The molecule has 1 N–H and O–H groups in total. The summed E-state index contributed by atoms with van der Waals surface area (Å²) in [5.74, 6) is 0.663. The highest BCUT2D eigenvalue weighted by atomic mass is 16.5. The smallest absolute Gasteiger partial charge is 0.274 e. The van der Waals surface area contributed by atoms with Crippen molar-refractivity contribution in [1.29, 1.82) is 0 Å². The van der Waals surface area contributed by atoms with Crippen LogP contribution < -0.4 is 10.1 Å². The van der Waals surface area contributed by atoms with Gasteiger partial charge < -0.3 is 15.0 Å². The second-order valence-electron chi connectivity index (χ2n) is 6.73. The maximum atomic E-state index is 12.2. The number of rotatable bonds is 2. The predicted molar refractivity (Wildman–Crippen MR) is 97.8 cm³/mol. The molecule has 1 fully saturated rings. The van der Waals surface area contributed by atoms with Gasteiger partial charge in [0.05, 0.1) is 0 Å². The molecule has 2 aromatic rings. The van der Waals surface area contributed by atoms with E-state index < -0.39 is 0 Å². The molecule has 3 heterocycles. The topological polar surface area (TPSA) is 54.5 Å².